The largest absolute Gasteiger partial charge is 0.462 e. The molecule has 0 unspecified atom stereocenters. The highest BCUT2D eigenvalue weighted by molar-refractivity contribution is 7.13. The van der Waals surface area contributed by atoms with Crippen LogP contribution in [-0.2, 0) is 11.3 Å². The monoisotopic (exact) mass is 359 g/mol. The molecule has 4 rings (SSSR count). The molecule has 1 amide bonds. The van der Waals surface area contributed by atoms with E-state index in [1.165, 1.54) is 19.3 Å². The number of likely N-dealkylation sites (tertiary alicyclic amines) is 2. The molecule has 0 N–H and O–H groups in total. The van der Waals surface area contributed by atoms with Gasteiger partial charge >= 0.3 is 0 Å². The van der Waals surface area contributed by atoms with Crippen molar-refractivity contribution in [3.8, 4) is 10.8 Å². The fraction of sp³-hybridized carbons (Fsp3) is 0.579. The standard InChI is InChI=1S/C19H25N3O2S/c23-19(22-8-2-1-3-9-22)15-6-10-21(11-7-15)13-16-14-25-18(20-16)17-5-4-12-24-17/h4-5,12,14-15H,1-3,6-11,13H2. The average Bonchev–Trinajstić information content (AvgIpc) is 3.34. The van der Waals surface area contributed by atoms with Gasteiger partial charge in [-0.1, -0.05) is 0 Å². The molecule has 0 aliphatic carbocycles. The van der Waals surface area contributed by atoms with Gasteiger partial charge in [0.05, 0.1) is 12.0 Å². The van der Waals surface area contributed by atoms with Crippen LogP contribution in [0.25, 0.3) is 10.8 Å². The Bertz CT molecular complexity index is 683. The van der Waals surface area contributed by atoms with Crippen LogP contribution in [0.3, 0.4) is 0 Å². The van der Waals surface area contributed by atoms with E-state index >= 15 is 0 Å². The fourth-order valence-corrected chi connectivity index (χ4v) is 4.61. The van der Waals surface area contributed by atoms with E-state index < -0.39 is 0 Å². The second-order valence-electron chi connectivity index (χ2n) is 7.06. The summed E-state index contributed by atoms with van der Waals surface area (Å²) in [7, 11) is 0. The van der Waals surface area contributed by atoms with Gasteiger partial charge in [0.25, 0.3) is 0 Å². The number of nitrogens with zero attached hydrogens (tertiary/aromatic N) is 3. The summed E-state index contributed by atoms with van der Waals surface area (Å²) < 4.78 is 5.41. The lowest BCUT2D eigenvalue weighted by atomic mass is 9.94. The Kier molecular flexibility index (Phi) is 5.17. The molecule has 0 radical (unpaired) electrons. The van der Waals surface area contributed by atoms with Crippen LogP contribution >= 0.6 is 11.3 Å². The molecule has 134 valence electrons. The van der Waals surface area contributed by atoms with Gasteiger partial charge in [-0.2, -0.15) is 0 Å². The molecule has 2 fully saturated rings. The molecule has 0 aromatic carbocycles. The fourth-order valence-electron chi connectivity index (χ4n) is 3.83. The number of piperidine rings is 2. The Morgan fingerprint density at radius 3 is 2.72 bits per heavy atom. The van der Waals surface area contributed by atoms with Crippen molar-refractivity contribution in [2.24, 2.45) is 5.92 Å². The van der Waals surface area contributed by atoms with Gasteiger partial charge < -0.3 is 9.32 Å². The van der Waals surface area contributed by atoms with Crippen LogP contribution in [0.15, 0.2) is 28.2 Å². The minimum absolute atomic E-state index is 0.225. The Labute approximate surface area is 152 Å². The number of thiazole rings is 1. The van der Waals surface area contributed by atoms with Crippen molar-refractivity contribution in [1.29, 1.82) is 0 Å². The van der Waals surface area contributed by atoms with Crippen LogP contribution in [-0.4, -0.2) is 46.9 Å². The summed E-state index contributed by atoms with van der Waals surface area (Å²) in [6.07, 6.45) is 7.25. The van der Waals surface area contributed by atoms with Crippen molar-refractivity contribution in [1.82, 2.24) is 14.8 Å². The lowest BCUT2D eigenvalue weighted by Gasteiger charge is -2.35. The summed E-state index contributed by atoms with van der Waals surface area (Å²) in [5.74, 6) is 1.46. The van der Waals surface area contributed by atoms with E-state index in [9.17, 15) is 4.79 Å². The molecule has 0 bridgehead atoms. The van der Waals surface area contributed by atoms with Crippen LogP contribution in [0, 0.1) is 5.92 Å². The Hall–Kier alpha value is -1.66. The Balaban J connectivity index is 1.28. The lowest BCUT2D eigenvalue weighted by Crippen LogP contribution is -2.44. The molecule has 25 heavy (non-hydrogen) atoms. The molecule has 0 spiro atoms. The summed E-state index contributed by atoms with van der Waals surface area (Å²) in [6, 6.07) is 3.83. The topological polar surface area (TPSA) is 49.6 Å². The molecular weight excluding hydrogens is 334 g/mol. The molecule has 2 aliphatic rings. The minimum Gasteiger partial charge on any atom is -0.462 e. The van der Waals surface area contributed by atoms with E-state index in [0.717, 1.165) is 62.0 Å². The summed E-state index contributed by atoms with van der Waals surface area (Å²) in [5, 5.41) is 3.05. The molecule has 2 aromatic heterocycles. The number of carbonyl (C=O) groups excluding carboxylic acids is 1. The first-order chi connectivity index (χ1) is 12.3. The van der Waals surface area contributed by atoms with Gasteiger partial charge in [0.1, 0.15) is 0 Å². The minimum atomic E-state index is 0.225. The highest BCUT2D eigenvalue weighted by atomic mass is 32.1. The zero-order valence-electron chi connectivity index (χ0n) is 14.5. The van der Waals surface area contributed by atoms with Gasteiger partial charge in [0, 0.05) is 30.9 Å². The number of rotatable bonds is 4. The average molecular weight is 359 g/mol. The van der Waals surface area contributed by atoms with E-state index in [0.29, 0.717) is 5.91 Å². The number of carbonyl (C=O) groups is 1. The van der Waals surface area contributed by atoms with Crippen LogP contribution in [0.4, 0.5) is 0 Å². The smallest absolute Gasteiger partial charge is 0.225 e. The van der Waals surface area contributed by atoms with Gasteiger partial charge in [-0.05, 0) is 57.3 Å². The lowest BCUT2D eigenvalue weighted by molar-refractivity contribution is -0.138. The maximum Gasteiger partial charge on any atom is 0.225 e. The highest BCUT2D eigenvalue weighted by Gasteiger charge is 2.29. The maximum atomic E-state index is 12.6. The first-order valence-electron chi connectivity index (χ1n) is 9.29. The van der Waals surface area contributed by atoms with Crippen molar-refractivity contribution in [2.45, 2.75) is 38.6 Å². The summed E-state index contributed by atoms with van der Waals surface area (Å²) in [4.78, 5) is 21.8. The quantitative estimate of drug-likeness (QED) is 0.836. The van der Waals surface area contributed by atoms with Crippen LogP contribution in [0.2, 0.25) is 0 Å². The first kappa shape index (κ1) is 16.8. The molecule has 6 heteroatoms. The van der Waals surface area contributed by atoms with Crippen molar-refractivity contribution >= 4 is 17.2 Å². The van der Waals surface area contributed by atoms with Crippen molar-refractivity contribution in [3.63, 3.8) is 0 Å². The number of furan rings is 1. The first-order valence-corrected chi connectivity index (χ1v) is 10.2. The van der Waals surface area contributed by atoms with Crippen molar-refractivity contribution < 1.29 is 9.21 Å². The maximum absolute atomic E-state index is 12.6. The van der Waals surface area contributed by atoms with Gasteiger partial charge in [-0.15, -0.1) is 11.3 Å². The third-order valence-corrected chi connectivity index (χ3v) is 6.18. The second-order valence-corrected chi connectivity index (χ2v) is 7.92. The van der Waals surface area contributed by atoms with Crippen LogP contribution < -0.4 is 0 Å². The number of aromatic nitrogens is 1. The predicted octanol–water partition coefficient (Wildman–Crippen LogP) is 3.63. The van der Waals surface area contributed by atoms with Crippen LogP contribution in [0.5, 0.6) is 0 Å². The van der Waals surface area contributed by atoms with Gasteiger partial charge in [0.15, 0.2) is 10.8 Å². The molecule has 0 saturated carbocycles. The van der Waals surface area contributed by atoms with E-state index in [1.807, 2.05) is 12.1 Å². The van der Waals surface area contributed by atoms with Crippen molar-refractivity contribution in [2.75, 3.05) is 26.2 Å². The number of hydrogen-bond acceptors (Lipinski definition) is 5. The van der Waals surface area contributed by atoms with Gasteiger partial charge in [0.2, 0.25) is 5.91 Å². The van der Waals surface area contributed by atoms with E-state index in [-0.39, 0.29) is 5.92 Å². The molecule has 2 aromatic rings. The van der Waals surface area contributed by atoms with E-state index in [1.54, 1.807) is 17.6 Å². The number of amides is 1. The third kappa shape index (κ3) is 3.96. The van der Waals surface area contributed by atoms with E-state index in [4.69, 9.17) is 4.42 Å². The highest BCUT2D eigenvalue weighted by Crippen LogP contribution is 2.26. The molecular formula is C19H25N3O2S. The van der Waals surface area contributed by atoms with Crippen molar-refractivity contribution in [3.05, 3.63) is 29.5 Å². The summed E-state index contributed by atoms with van der Waals surface area (Å²) in [6.45, 7) is 4.76. The van der Waals surface area contributed by atoms with Crippen LogP contribution in [0.1, 0.15) is 37.8 Å². The summed E-state index contributed by atoms with van der Waals surface area (Å²) in [5.41, 5.74) is 1.09. The summed E-state index contributed by atoms with van der Waals surface area (Å²) >= 11 is 1.63. The SMILES string of the molecule is O=C(C1CCN(Cc2csc(-c3ccco3)n2)CC1)N1CCCCC1. The third-order valence-electron chi connectivity index (χ3n) is 5.27. The Morgan fingerprint density at radius 2 is 2.00 bits per heavy atom. The zero-order chi connectivity index (χ0) is 17.1. The van der Waals surface area contributed by atoms with Gasteiger partial charge in [-0.25, -0.2) is 4.98 Å². The predicted molar refractivity (Wildman–Crippen MR) is 98.2 cm³/mol. The molecule has 5 nitrogen and oxygen atoms in total. The van der Waals surface area contributed by atoms with E-state index in [2.05, 4.69) is 20.2 Å². The molecule has 4 heterocycles. The molecule has 2 saturated heterocycles. The normalized spacial score (nSPS) is 20.1. The molecule has 2 aliphatic heterocycles. The molecule has 0 atom stereocenters. The Morgan fingerprint density at radius 1 is 1.20 bits per heavy atom. The number of hydrogen-bond donors (Lipinski definition) is 0. The zero-order valence-corrected chi connectivity index (χ0v) is 15.3. The van der Waals surface area contributed by atoms with Gasteiger partial charge in [-0.3, -0.25) is 9.69 Å². The second kappa shape index (κ2) is 7.70.